The van der Waals surface area contributed by atoms with E-state index in [1.807, 2.05) is 0 Å². The Kier molecular flexibility index (Phi) is 8.44. The zero-order chi connectivity index (χ0) is 16.7. The third kappa shape index (κ3) is 12.1. The highest BCUT2D eigenvalue weighted by molar-refractivity contribution is 7.48. The van der Waals surface area contributed by atoms with Crippen molar-refractivity contribution in [3.63, 3.8) is 0 Å². The highest BCUT2D eigenvalue weighted by atomic mass is 35.5. The molecule has 0 aromatic heterocycles. The summed E-state index contributed by atoms with van der Waals surface area (Å²) in [5.74, 6) is -0.433. The lowest BCUT2D eigenvalue weighted by atomic mass is 10.2. The maximum absolute atomic E-state index is 12.6. The first-order valence-corrected chi connectivity index (χ1v) is 8.74. The number of alkyl halides is 1. The molecule has 0 aromatic rings. The van der Waals surface area contributed by atoms with Crippen molar-refractivity contribution in [3.8, 4) is 0 Å². The standard InChI is InChI=1S/C13H26ClO6P/c1-12(2,3)19-21(16,20-13(4,5)6)18-9-7-8-11(15)17-10-14/h7-10H2,1-6H3. The lowest BCUT2D eigenvalue weighted by Gasteiger charge is -2.30. The highest BCUT2D eigenvalue weighted by Crippen LogP contribution is 2.55. The van der Waals surface area contributed by atoms with Crippen LogP contribution in [0.5, 0.6) is 0 Å². The van der Waals surface area contributed by atoms with Crippen molar-refractivity contribution in [1.29, 1.82) is 0 Å². The lowest BCUT2D eigenvalue weighted by molar-refractivity contribution is -0.141. The van der Waals surface area contributed by atoms with Crippen LogP contribution >= 0.6 is 19.4 Å². The average Bonchev–Trinajstić information content (AvgIpc) is 2.19. The molecule has 0 spiro atoms. The molecule has 0 radical (unpaired) electrons. The van der Waals surface area contributed by atoms with E-state index in [0.717, 1.165) is 0 Å². The lowest BCUT2D eigenvalue weighted by Crippen LogP contribution is -2.24. The fourth-order valence-electron chi connectivity index (χ4n) is 1.27. The predicted molar refractivity (Wildman–Crippen MR) is 81.3 cm³/mol. The van der Waals surface area contributed by atoms with E-state index in [4.69, 9.17) is 25.2 Å². The quantitative estimate of drug-likeness (QED) is 0.283. The number of phosphoric ester groups is 1. The average molecular weight is 345 g/mol. The van der Waals surface area contributed by atoms with Gasteiger partial charge in [-0.25, -0.2) is 4.57 Å². The molecule has 8 heteroatoms. The SMILES string of the molecule is CC(C)(C)OP(=O)(OCCCC(=O)OCCl)OC(C)(C)C. The summed E-state index contributed by atoms with van der Waals surface area (Å²) in [6.45, 7) is 10.6. The normalized spacial score (nSPS) is 13.3. The van der Waals surface area contributed by atoms with E-state index in [2.05, 4.69) is 4.74 Å². The minimum atomic E-state index is -3.72. The first-order chi connectivity index (χ1) is 9.37. The Morgan fingerprint density at radius 2 is 1.52 bits per heavy atom. The van der Waals surface area contributed by atoms with Crippen molar-refractivity contribution in [2.75, 3.05) is 12.7 Å². The Morgan fingerprint density at radius 3 is 1.90 bits per heavy atom. The van der Waals surface area contributed by atoms with Gasteiger partial charge in [-0.15, -0.1) is 0 Å². The molecule has 0 amide bonds. The van der Waals surface area contributed by atoms with Crippen molar-refractivity contribution < 1.29 is 27.7 Å². The molecular weight excluding hydrogens is 319 g/mol. The zero-order valence-corrected chi connectivity index (χ0v) is 15.3. The van der Waals surface area contributed by atoms with Crippen molar-refractivity contribution in [1.82, 2.24) is 0 Å². The van der Waals surface area contributed by atoms with Gasteiger partial charge in [0.1, 0.15) is 0 Å². The summed E-state index contributed by atoms with van der Waals surface area (Å²) in [7, 11) is -3.72. The Balaban J connectivity index is 4.49. The minimum absolute atomic E-state index is 0.0564. The number of hydrogen-bond acceptors (Lipinski definition) is 6. The van der Waals surface area contributed by atoms with Gasteiger partial charge < -0.3 is 4.74 Å². The van der Waals surface area contributed by atoms with Crippen LogP contribution in [0.4, 0.5) is 0 Å². The molecule has 0 bridgehead atoms. The molecule has 0 heterocycles. The topological polar surface area (TPSA) is 71.1 Å². The summed E-state index contributed by atoms with van der Waals surface area (Å²) in [6.07, 6.45) is 0.457. The number of carbonyl (C=O) groups is 1. The van der Waals surface area contributed by atoms with Crippen molar-refractivity contribution >= 4 is 25.4 Å². The van der Waals surface area contributed by atoms with E-state index in [9.17, 15) is 9.36 Å². The third-order valence-electron chi connectivity index (χ3n) is 1.76. The van der Waals surface area contributed by atoms with E-state index >= 15 is 0 Å². The number of hydrogen-bond donors (Lipinski definition) is 0. The zero-order valence-electron chi connectivity index (χ0n) is 13.6. The Labute approximate surface area is 132 Å². The number of halogens is 1. The monoisotopic (exact) mass is 344 g/mol. The number of rotatable bonds is 8. The fraction of sp³-hybridized carbons (Fsp3) is 0.923. The highest BCUT2D eigenvalue weighted by Gasteiger charge is 2.36. The summed E-state index contributed by atoms with van der Waals surface area (Å²) < 4.78 is 33.3. The second-order valence-electron chi connectivity index (χ2n) is 6.42. The summed E-state index contributed by atoms with van der Waals surface area (Å²) in [6, 6.07) is -0.182. The molecule has 0 aliphatic carbocycles. The smallest absolute Gasteiger partial charge is 0.449 e. The van der Waals surface area contributed by atoms with Crippen LogP contribution in [0.15, 0.2) is 0 Å². The molecule has 0 unspecified atom stereocenters. The first kappa shape index (κ1) is 20.9. The van der Waals surface area contributed by atoms with E-state index in [1.165, 1.54) is 0 Å². The molecule has 126 valence electrons. The van der Waals surface area contributed by atoms with Gasteiger partial charge in [-0.2, -0.15) is 0 Å². The minimum Gasteiger partial charge on any atom is -0.449 e. The summed E-state index contributed by atoms with van der Waals surface area (Å²) in [5.41, 5.74) is -1.36. The van der Waals surface area contributed by atoms with Crippen LogP contribution in [0.3, 0.4) is 0 Å². The Morgan fingerprint density at radius 1 is 1.05 bits per heavy atom. The van der Waals surface area contributed by atoms with E-state index in [0.29, 0.717) is 6.42 Å². The first-order valence-electron chi connectivity index (χ1n) is 6.74. The van der Waals surface area contributed by atoms with Crippen LogP contribution in [-0.2, 0) is 27.7 Å². The second kappa shape index (κ2) is 8.49. The number of carbonyl (C=O) groups excluding carboxylic acids is 1. The van der Waals surface area contributed by atoms with Crippen LogP contribution in [-0.4, -0.2) is 29.8 Å². The molecule has 21 heavy (non-hydrogen) atoms. The molecule has 0 aliphatic heterocycles. The molecule has 0 fully saturated rings. The predicted octanol–water partition coefficient (Wildman–Crippen LogP) is 4.26. The molecule has 0 N–H and O–H groups in total. The molecule has 0 aliphatic rings. The van der Waals surface area contributed by atoms with Gasteiger partial charge in [0.25, 0.3) is 0 Å². The molecule has 6 nitrogen and oxygen atoms in total. The number of esters is 1. The third-order valence-corrected chi connectivity index (χ3v) is 3.91. The molecule has 0 saturated carbocycles. The number of ether oxygens (including phenoxy) is 1. The summed E-state index contributed by atoms with van der Waals surface area (Å²) in [4.78, 5) is 11.1. The van der Waals surface area contributed by atoms with Gasteiger partial charge in [-0.1, -0.05) is 11.6 Å². The van der Waals surface area contributed by atoms with E-state index in [1.54, 1.807) is 41.5 Å². The molecule has 0 saturated heterocycles. The molecule has 0 aromatic carbocycles. The van der Waals surface area contributed by atoms with Crippen molar-refractivity contribution in [2.45, 2.75) is 65.6 Å². The summed E-state index contributed by atoms with van der Waals surface area (Å²) in [5, 5.41) is 0. The fourth-order valence-corrected chi connectivity index (χ4v) is 3.23. The van der Waals surface area contributed by atoms with Gasteiger partial charge in [-0.05, 0) is 48.0 Å². The summed E-state index contributed by atoms with van der Waals surface area (Å²) >= 11 is 5.27. The van der Waals surface area contributed by atoms with Gasteiger partial charge in [0.15, 0.2) is 6.07 Å². The van der Waals surface area contributed by atoms with Crippen LogP contribution < -0.4 is 0 Å². The number of phosphoric acid groups is 1. The molecule has 0 atom stereocenters. The maximum atomic E-state index is 12.6. The van der Waals surface area contributed by atoms with E-state index < -0.39 is 25.0 Å². The van der Waals surface area contributed by atoms with Gasteiger partial charge in [0, 0.05) is 6.42 Å². The van der Waals surface area contributed by atoms with Gasteiger partial charge in [0.2, 0.25) is 0 Å². The Hall–Kier alpha value is -0.130. The Bertz CT molecular complexity index is 352. The maximum Gasteiger partial charge on any atom is 0.475 e. The van der Waals surface area contributed by atoms with Crippen LogP contribution in [0.25, 0.3) is 0 Å². The largest absolute Gasteiger partial charge is 0.475 e. The van der Waals surface area contributed by atoms with Gasteiger partial charge in [-0.3, -0.25) is 18.4 Å². The van der Waals surface area contributed by atoms with Crippen molar-refractivity contribution in [2.24, 2.45) is 0 Å². The van der Waals surface area contributed by atoms with Gasteiger partial charge >= 0.3 is 13.8 Å². The van der Waals surface area contributed by atoms with Gasteiger partial charge in [0.05, 0.1) is 17.8 Å². The van der Waals surface area contributed by atoms with Crippen LogP contribution in [0.2, 0.25) is 0 Å². The van der Waals surface area contributed by atoms with Crippen LogP contribution in [0.1, 0.15) is 54.4 Å². The van der Waals surface area contributed by atoms with Crippen molar-refractivity contribution in [3.05, 3.63) is 0 Å². The second-order valence-corrected chi connectivity index (χ2v) is 8.15. The van der Waals surface area contributed by atoms with Crippen LogP contribution in [0, 0.1) is 0 Å². The molecular formula is C13H26ClO6P. The molecule has 0 rings (SSSR count). The van der Waals surface area contributed by atoms with E-state index in [-0.39, 0.29) is 19.1 Å².